The fourth-order valence-corrected chi connectivity index (χ4v) is 4.29. The highest BCUT2D eigenvalue weighted by Crippen LogP contribution is 2.23. The van der Waals surface area contributed by atoms with Crippen LogP contribution in [-0.4, -0.2) is 41.5 Å². The van der Waals surface area contributed by atoms with Gasteiger partial charge in [0, 0.05) is 35.6 Å². The third kappa shape index (κ3) is 4.55. The van der Waals surface area contributed by atoms with E-state index in [-0.39, 0.29) is 11.8 Å². The van der Waals surface area contributed by atoms with Crippen LogP contribution in [0.1, 0.15) is 13.8 Å². The van der Waals surface area contributed by atoms with Crippen LogP contribution in [0, 0.1) is 11.8 Å². The molecule has 3 N–H and O–H groups in total. The molecule has 94 valence electrons. The number of amides is 1. The molecule has 0 radical (unpaired) electrons. The number of carbonyl (C=O) groups is 1. The third-order valence-corrected chi connectivity index (χ3v) is 5.63. The summed E-state index contributed by atoms with van der Waals surface area (Å²) in [5.74, 6) is 4.00. The molecule has 0 saturated carbocycles. The average molecular weight is 262 g/mol. The summed E-state index contributed by atoms with van der Waals surface area (Å²) >= 11 is 3.94. The van der Waals surface area contributed by atoms with E-state index in [1.54, 1.807) is 0 Å². The monoisotopic (exact) mass is 262 g/mol. The largest absolute Gasteiger partial charge is 0.355 e. The lowest BCUT2D eigenvalue weighted by atomic mass is 9.95. The van der Waals surface area contributed by atoms with E-state index in [4.69, 9.17) is 5.73 Å². The minimum atomic E-state index is -0.0405. The van der Waals surface area contributed by atoms with Crippen molar-refractivity contribution in [3.8, 4) is 0 Å². The van der Waals surface area contributed by atoms with Gasteiger partial charge in [-0.2, -0.15) is 23.5 Å². The number of hydrogen-bond donors (Lipinski definition) is 2. The number of hydrogen-bond acceptors (Lipinski definition) is 4. The second-order valence-corrected chi connectivity index (χ2v) is 6.96. The van der Waals surface area contributed by atoms with Crippen molar-refractivity contribution in [3.63, 3.8) is 0 Å². The zero-order chi connectivity index (χ0) is 12.0. The zero-order valence-corrected chi connectivity index (χ0v) is 11.7. The minimum absolute atomic E-state index is 0.0405. The molecule has 1 saturated heterocycles. The van der Waals surface area contributed by atoms with Crippen LogP contribution in [-0.2, 0) is 4.79 Å². The van der Waals surface area contributed by atoms with Gasteiger partial charge in [-0.3, -0.25) is 4.79 Å². The smallest absolute Gasteiger partial charge is 0.224 e. The molecular formula is C11H22N2OS2. The van der Waals surface area contributed by atoms with Gasteiger partial charge in [0.15, 0.2) is 0 Å². The summed E-state index contributed by atoms with van der Waals surface area (Å²) in [6, 6.07) is 0. The molecule has 1 rings (SSSR count). The Morgan fingerprint density at radius 2 is 2.25 bits per heavy atom. The molecule has 2 atom stereocenters. The third-order valence-electron chi connectivity index (χ3n) is 2.78. The highest BCUT2D eigenvalue weighted by atomic mass is 32.2. The van der Waals surface area contributed by atoms with Gasteiger partial charge in [-0.1, -0.05) is 13.8 Å². The number of carbonyl (C=O) groups excluding carboxylic acids is 1. The molecular weight excluding hydrogens is 240 g/mol. The van der Waals surface area contributed by atoms with Gasteiger partial charge in [-0.05, 0) is 5.92 Å². The van der Waals surface area contributed by atoms with E-state index in [1.165, 1.54) is 11.5 Å². The van der Waals surface area contributed by atoms with Crippen molar-refractivity contribution in [3.05, 3.63) is 0 Å². The van der Waals surface area contributed by atoms with Crippen molar-refractivity contribution < 1.29 is 4.79 Å². The van der Waals surface area contributed by atoms with Gasteiger partial charge in [-0.15, -0.1) is 0 Å². The Hall–Kier alpha value is 0.130. The molecule has 3 nitrogen and oxygen atoms in total. The molecule has 1 aliphatic rings. The lowest BCUT2D eigenvalue weighted by molar-refractivity contribution is -0.125. The first kappa shape index (κ1) is 14.2. The van der Waals surface area contributed by atoms with Crippen molar-refractivity contribution in [2.45, 2.75) is 19.1 Å². The summed E-state index contributed by atoms with van der Waals surface area (Å²) in [6.45, 7) is 5.32. The Labute approximate surface area is 107 Å². The van der Waals surface area contributed by atoms with E-state index >= 15 is 0 Å². The Morgan fingerprint density at radius 3 is 2.75 bits per heavy atom. The van der Waals surface area contributed by atoms with E-state index in [0.717, 1.165) is 12.3 Å². The normalized spacial score (nSPS) is 23.1. The number of rotatable bonds is 5. The molecule has 0 aromatic rings. The maximum atomic E-state index is 11.9. The molecule has 1 fully saturated rings. The molecule has 1 amide bonds. The summed E-state index contributed by atoms with van der Waals surface area (Å²) in [4.78, 5) is 11.9. The van der Waals surface area contributed by atoms with Crippen LogP contribution in [0.5, 0.6) is 0 Å². The predicted octanol–water partition coefficient (Wildman–Crippen LogP) is 1.18. The van der Waals surface area contributed by atoms with Gasteiger partial charge < -0.3 is 11.1 Å². The van der Waals surface area contributed by atoms with Gasteiger partial charge in [0.25, 0.3) is 0 Å². The van der Waals surface area contributed by atoms with Crippen LogP contribution < -0.4 is 11.1 Å². The Kier molecular flexibility index (Phi) is 6.61. The fraction of sp³-hybridized carbons (Fsp3) is 0.909. The van der Waals surface area contributed by atoms with Gasteiger partial charge in [0.05, 0.1) is 5.92 Å². The lowest BCUT2D eigenvalue weighted by Gasteiger charge is -2.23. The summed E-state index contributed by atoms with van der Waals surface area (Å²) in [5.41, 5.74) is 5.61. The fourth-order valence-electron chi connectivity index (χ4n) is 1.68. The first-order chi connectivity index (χ1) is 7.65. The van der Waals surface area contributed by atoms with Crippen molar-refractivity contribution in [2.24, 2.45) is 17.6 Å². The minimum Gasteiger partial charge on any atom is -0.355 e. The van der Waals surface area contributed by atoms with Gasteiger partial charge in [0.2, 0.25) is 5.91 Å². The highest BCUT2D eigenvalue weighted by Gasteiger charge is 2.22. The number of thioether (sulfide) groups is 2. The molecule has 0 aromatic heterocycles. The van der Waals surface area contributed by atoms with Crippen molar-refractivity contribution in [1.82, 2.24) is 5.32 Å². The first-order valence-electron chi connectivity index (χ1n) is 5.82. The summed E-state index contributed by atoms with van der Waals surface area (Å²) in [5, 5.41) is 3.61. The van der Waals surface area contributed by atoms with Crippen molar-refractivity contribution in [2.75, 3.05) is 30.3 Å². The first-order valence-corrected chi connectivity index (χ1v) is 8.02. The molecule has 5 heteroatoms. The topological polar surface area (TPSA) is 55.1 Å². The predicted molar refractivity (Wildman–Crippen MR) is 74.0 cm³/mol. The van der Waals surface area contributed by atoms with E-state index in [9.17, 15) is 4.79 Å². The molecule has 0 aliphatic carbocycles. The van der Waals surface area contributed by atoms with Crippen molar-refractivity contribution in [1.29, 1.82) is 0 Å². The van der Waals surface area contributed by atoms with E-state index < -0.39 is 0 Å². The summed E-state index contributed by atoms with van der Waals surface area (Å²) in [6.07, 6.45) is 0. The number of nitrogens with two attached hydrogens (primary N) is 1. The van der Waals surface area contributed by atoms with E-state index in [0.29, 0.717) is 17.7 Å². The highest BCUT2D eigenvalue weighted by molar-refractivity contribution is 8.06. The van der Waals surface area contributed by atoms with Crippen LogP contribution in [0.2, 0.25) is 0 Å². The Balaban J connectivity index is 2.27. The van der Waals surface area contributed by atoms with Crippen LogP contribution in [0.4, 0.5) is 0 Å². The lowest BCUT2D eigenvalue weighted by Crippen LogP contribution is -2.41. The SMILES string of the molecule is CC(C)C(CN)C(=O)NCC1CSCCS1. The molecule has 0 bridgehead atoms. The molecule has 0 spiro atoms. The molecule has 2 unspecified atom stereocenters. The van der Waals surface area contributed by atoms with Gasteiger partial charge in [-0.25, -0.2) is 0 Å². The second-order valence-electron chi connectivity index (χ2n) is 4.40. The molecule has 1 aliphatic heterocycles. The molecule has 1 heterocycles. The van der Waals surface area contributed by atoms with Crippen LogP contribution in [0.3, 0.4) is 0 Å². The summed E-state index contributed by atoms with van der Waals surface area (Å²) in [7, 11) is 0. The van der Waals surface area contributed by atoms with E-state index in [2.05, 4.69) is 5.32 Å². The number of nitrogens with one attached hydrogen (secondary N) is 1. The molecule has 0 aromatic carbocycles. The molecule has 16 heavy (non-hydrogen) atoms. The van der Waals surface area contributed by atoms with Crippen molar-refractivity contribution >= 4 is 29.4 Å². The van der Waals surface area contributed by atoms with Crippen LogP contribution in [0.15, 0.2) is 0 Å². The zero-order valence-electron chi connectivity index (χ0n) is 10.1. The van der Waals surface area contributed by atoms with E-state index in [1.807, 2.05) is 37.4 Å². The average Bonchev–Trinajstić information content (AvgIpc) is 2.28. The maximum absolute atomic E-state index is 11.9. The second kappa shape index (κ2) is 7.45. The Morgan fingerprint density at radius 1 is 1.50 bits per heavy atom. The van der Waals surface area contributed by atoms with Gasteiger partial charge in [0.1, 0.15) is 0 Å². The van der Waals surface area contributed by atoms with Crippen LogP contribution in [0.25, 0.3) is 0 Å². The summed E-state index contributed by atoms with van der Waals surface area (Å²) < 4.78 is 0. The Bertz CT molecular complexity index is 218. The maximum Gasteiger partial charge on any atom is 0.224 e. The van der Waals surface area contributed by atoms with Gasteiger partial charge >= 0.3 is 0 Å². The quantitative estimate of drug-likeness (QED) is 0.781. The van der Waals surface area contributed by atoms with Crippen LogP contribution >= 0.6 is 23.5 Å². The standard InChI is InChI=1S/C11H22N2OS2/c1-8(2)10(5-12)11(14)13-6-9-7-15-3-4-16-9/h8-10H,3-7,12H2,1-2H3,(H,13,14).